The topological polar surface area (TPSA) is 78.3 Å². The van der Waals surface area contributed by atoms with Gasteiger partial charge in [0.1, 0.15) is 11.5 Å². The molecule has 34 heavy (non-hydrogen) atoms. The fraction of sp³-hybridized carbons (Fsp3) is 0.320. The molecule has 2 aromatic carbocycles. The molecule has 3 aromatic rings. The summed E-state index contributed by atoms with van der Waals surface area (Å²) >= 11 is 4.83. The van der Waals surface area contributed by atoms with Gasteiger partial charge in [0.05, 0.1) is 12.9 Å². The molecule has 1 unspecified atom stereocenters. The number of hydrogen-bond donors (Lipinski definition) is 1. The number of benzene rings is 2. The van der Waals surface area contributed by atoms with Gasteiger partial charge in [0.2, 0.25) is 5.91 Å². The standard InChI is InChI=1S/C25H29BrN4O3S/c1-6-13-30-24(17(4)33-20-10-8-19(32-5)9-11-20)28-29-25(30)34-15-23(31)27-22-12-7-18(26)14-21(22)16(2)3/h6-12,14,16-17H,1,13,15H2,2-5H3,(H,27,31). The van der Waals surface area contributed by atoms with Crippen molar-refractivity contribution in [3.8, 4) is 11.5 Å². The van der Waals surface area contributed by atoms with Crippen LogP contribution < -0.4 is 14.8 Å². The summed E-state index contributed by atoms with van der Waals surface area (Å²) in [5.41, 5.74) is 1.90. The normalized spacial score (nSPS) is 11.8. The van der Waals surface area contributed by atoms with E-state index in [1.54, 1.807) is 13.2 Å². The molecule has 0 radical (unpaired) electrons. The second-order valence-electron chi connectivity index (χ2n) is 7.90. The van der Waals surface area contributed by atoms with Gasteiger partial charge in [-0.15, -0.1) is 16.8 Å². The zero-order valence-electron chi connectivity index (χ0n) is 19.7. The lowest BCUT2D eigenvalue weighted by molar-refractivity contribution is -0.113. The first-order chi connectivity index (χ1) is 16.3. The SMILES string of the molecule is C=CCn1c(SCC(=O)Nc2ccc(Br)cc2C(C)C)nnc1C(C)Oc1ccc(OC)cc1. The minimum atomic E-state index is -0.347. The van der Waals surface area contributed by atoms with Crippen LogP contribution in [0.5, 0.6) is 11.5 Å². The Morgan fingerprint density at radius 3 is 2.53 bits per heavy atom. The number of methoxy groups -OCH3 is 1. The Labute approximate surface area is 213 Å². The highest BCUT2D eigenvalue weighted by Crippen LogP contribution is 2.29. The maximum Gasteiger partial charge on any atom is 0.234 e. The van der Waals surface area contributed by atoms with Crippen molar-refractivity contribution in [2.45, 2.75) is 44.5 Å². The summed E-state index contributed by atoms with van der Waals surface area (Å²) in [6, 6.07) is 13.2. The summed E-state index contributed by atoms with van der Waals surface area (Å²) in [5.74, 6) is 2.50. The number of thioether (sulfide) groups is 1. The molecule has 0 spiro atoms. The third-order valence-corrected chi connectivity index (χ3v) is 6.50. The van der Waals surface area contributed by atoms with E-state index in [1.807, 2.05) is 54.0 Å². The minimum Gasteiger partial charge on any atom is -0.497 e. The van der Waals surface area contributed by atoms with Crippen molar-refractivity contribution in [2.75, 3.05) is 18.2 Å². The van der Waals surface area contributed by atoms with Gasteiger partial charge in [-0.2, -0.15) is 0 Å². The summed E-state index contributed by atoms with van der Waals surface area (Å²) in [6.07, 6.45) is 1.42. The van der Waals surface area contributed by atoms with Gasteiger partial charge in [0.15, 0.2) is 17.1 Å². The number of amides is 1. The number of rotatable bonds is 11. The molecule has 0 aliphatic carbocycles. The monoisotopic (exact) mass is 544 g/mol. The third kappa shape index (κ3) is 6.64. The minimum absolute atomic E-state index is 0.105. The van der Waals surface area contributed by atoms with Crippen molar-refractivity contribution in [1.29, 1.82) is 0 Å². The van der Waals surface area contributed by atoms with Crippen LogP contribution in [0.3, 0.4) is 0 Å². The number of ether oxygens (including phenoxy) is 2. The lowest BCUT2D eigenvalue weighted by Gasteiger charge is -2.16. The Morgan fingerprint density at radius 2 is 1.88 bits per heavy atom. The van der Waals surface area contributed by atoms with E-state index in [0.29, 0.717) is 23.3 Å². The summed E-state index contributed by atoms with van der Waals surface area (Å²) < 4.78 is 14.1. The molecule has 0 aliphatic heterocycles. The van der Waals surface area contributed by atoms with Crippen molar-refractivity contribution in [3.63, 3.8) is 0 Å². The second-order valence-corrected chi connectivity index (χ2v) is 9.76. The Morgan fingerprint density at radius 1 is 1.18 bits per heavy atom. The number of nitrogens with one attached hydrogen (secondary N) is 1. The number of allylic oxidation sites excluding steroid dienone is 1. The van der Waals surface area contributed by atoms with Gasteiger partial charge in [-0.05, 0) is 60.9 Å². The summed E-state index contributed by atoms with van der Waals surface area (Å²) in [7, 11) is 1.62. The number of halogens is 1. The average Bonchev–Trinajstić information content (AvgIpc) is 3.22. The van der Waals surface area contributed by atoms with E-state index < -0.39 is 0 Å². The molecule has 1 N–H and O–H groups in total. The lowest BCUT2D eigenvalue weighted by atomic mass is 10.0. The Kier molecular flexibility index (Phi) is 9.18. The molecule has 1 amide bonds. The Hall–Kier alpha value is -2.78. The van der Waals surface area contributed by atoms with E-state index in [0.717, 1.165) is 21.5 Å². The molecule has 0 bridgehead atoms. The van der Waals surface area contributed by atoms with Crippen LogP contribution in [0.15, 0.2) is 64.7 Å². The van der Waals surface area contributed by atoms with Crippen LogP contribution in [-0.4, -0.2) is 33.5 Å². The van der Waals surface area contributed by atoms with E-state index in [1.165, 1.54) is 11.8 Å². The smallest absolute Gasteiger partial charge is 0.234 e. The van der Waals surface area contributed by atoms with Crippen LogP contribution in [0.25, 0.3) is 0 Å². The van der Waals surface area contributed by atoms with Gasteiger partial charge in [0.25, 0.3) is 0 Å². The quantitative estimate of drug-likeness (QED) is 0.227. The first-order valence-electron chi connectivity index (χ1n) is 10.9. The number of anilines is 1. The summed E-state index contributed by atoms with van der Waals surface area (Å²) in [6.45, 7) is 10.5. The molecule has 1 aromatic heterocycles. The highest BCUT2D eigenvalue weighted by molar-refractivity contribution is 9.10. The number of hydrogen-bond acceptors (Lipinski definition) is 6. The van der Waals surface area contributed by atoms with Crippen LogP contribution in [0.1, 0.15) is 44.2 Å². The molecule has 1 heterocycles. The van der Waals surface area contributed by atoms with Gasteiger partial charge in [-0.1, -0.05) is 47.6 Å². The molecular formula is C25H29BrN4O3S. The van der Waals surface area contributed by atoms with E-state index >= 15 is 0 Å². The van der Waals surface area contributed by atoms with Gasteiger partial charge in [-0.3, -0.25) is 9.36 Å². The van der Waals surface area contributed by atoms with Crippen LogP contribution in [-0.2, 0) is 11.3 Å². The lowest BCUT2D eigenvalue weighted by Crippen LogP contribution is -2.16. The predicted molar refractivity (Wildman–Crippen MR) is 140 cm³/mol. The van der Waals surface area contributed by atoms with Crippen molar-refractivity contribution in [3.05, 3.63) is 71.0 Å². The molecule has 0 saturated heterocycles. The Balaban J connectivity index is 1.68. The number of carbonyl (C=O) groups is 1. The van der Waals surface area contributed by atoms with Gasteiger partial charge in [-0.25, -0.2) is 0 Å². The number of aromatic nitrogens is 3. The second kappa shape index (κ2) is 12.1. The van der Waals surface area contributed by atoms with Crippen molar-refractivity contribution in [1.82, 2.24) is 14.8 Å². The molecule has 0 saturated carbocycles. The first-order valence-corrected chi connectivity index (χ1v) is 12.7. The van der Waals surface area contributed by atoms with Crippen LogP contribution in [0.4, 0.5) is 5.69 Å². The zero-order chi connectivity index (χ0) is 24.7. The molecule has 0 fully saturated rings. The zero-order valence-corrected chi connectivity index (χ0v) is 22.1. The molecule has 1 atom stereocenters. The van der Waals surface area contributed by atoms with Crippen molar-refractivity contribution in [2.24, 2.45) is 0 Å². The first kappa shape index (κ1) is 25.8. The number of carbonyl (C=O) groups excluding carboxylic acids is 1. The van der Waals surface area contributed by atoms with Crippen LogP contribution in [0.2, 0.25) is 0 Å². The molecule has 0 aliphatic rings. The molecular weight excluding hydrogens is 516 g/mol. The fourth-order valence-corrected chi connectivity index (χ4v) is 4.49. The third-order valence-electron chi connectivity index (χ3n) is 5.04. The summed E-state index contributed by atoms with van der Waals surface area (Å²) in [5, 5.41) is 12.3. The van der Waals surface area contributed by atoms with Gasteiger partial charge < -0.3 is 14.8 Å². The predicted octanol–water partition coefficient (Wildman–Crippen LogP) is 6.23. The van der Waals surface area contributed by atoms with Crippen molar-refractivity contribution >= 4 is 39.3 Å². The van der Waals surface area contributed by atoms with E-state index in [4.69, 9.17) is 9.47 Å². The van der Waals surface area contributed by atoms with E-state index in [2.05, 4.69) is 51.9 Å². The van der Waals surface area contributed by atoms with E-state index in [9.17, 15) is 4.79 Å². The average molecular weight is 546 g/mol. The highest BCUT2D eigenvalue weighted by atomic mass is 79.9. The van der Waals surface area contributed by atoms with Gasteiger partial charge >= 0.3 is 0 Å². The summed E-state index contributed by atoms with van der Waals surface area (Å²) in [4.78, 5) is 12.7. The van der Waals surface area contributed by atoms with Crippen molar-refractivity contribution < 1.29 is 14.3 Å². The maximum atomic E-state index is 12.7. The highest BCUT2D eigenvalue weighted by Gasteiger charge is 2.20. The van der Waals surface area contributed by atoms with E-state index in [-0.39, 0.29) is 23.7 Å². The molecule has 180 valence electrons. The molecule has 9 heteroatoms. The van der Waals surface area contributed by atoms with Gasteiger partial charge in [0, 0.05) is 16.7 Å². The fourth-order valence-electron chi connectivity index (χ4n) is 3.36. The molecule has 3 rings (SSSR count). The number of nitrogens with zero attached hydrogens (tertiary/aromatic N) is 3. The molecule has 7 nitrogen and oxygen atoms in total. The van der Waals surface area contributed by atoms with Crippen LogP contribution in [0, 0.1) is 0 Å². The maximum absolute atomic E-state index is 12.7. The van der Waals surface area contributed by atoms with Crippen LogP contribution >= 0.6 is 27.7 Å². The largest absolute Gasteiger partial charge is 0.497 e. The Bertz CT molecular complexity index is 1130.